The number of pyridine rings is 1. The van der Waals surface area contributed by atoms with Crippen LogP contribution in [0.25, 0.3) is 10.8 Å². The van der Waals surface area contributed by atoms with E-state index in [-0.39, 0.29) is 0 Å². The van der Waals surface area contributed by atoms with Crippen molar-refractivity contribution in [1.82, 2.24) is 4.98 Å². The minimum absolute atomic E-state index is 0.579. The summed E-state index contributed by atoms with van der Waals surface area (Å²) in [5.74, 6) is 0. The zero-order valence-electron chi connectivity index (χ0n) is 7.20. The third kappa shape index (κ3) is 1.54. The van der Waals surface area contributed by atoms with Gasteiger partial charge in [0.05, 0.1) is 0 Å². The molecule has 0 bridgehead atoms. The SMILES string of the molecule is O=CNc1cc(Cl)cc2cnccc12. The summed E-state index contributed by atoms with van der Waals surface area (Å²) in [6.45, 7) is 0. The number of anilines is 1. The number of rotatable bonds is 2. The Kier molecular flexibility index (Phi) is 2.33. The molecule has 0 radical (unpaired) electrons. The Bertz CT molecular complexity index is 485. The van der Waals surface area contributed by atoms with Crippen molar-refractivity contribution in [3.05, 3.63) is 35.6 Å². The van der Waals surface area contributed by atoms with Gasteiger partial charge in [0.25, 0.3) is 0 Å². The number of benzene rings is 1. The van der Waals surface area contributed by atoms with E-state index < -0.39 is 0 Å². The largest absolute Gasteiger partial charge is 0.328 e. The van der Waals surface area contributed by atoms with E-state index in [1.165, 1.54) is 0 Å². The summed E-state index contributed by atoms with van der Waals surface area (Å²) in [5.41, 5.74) is 0.699. The molecule has 4 heteroatoms. The number of carbonyl (C=O) groups excluding carboxylic acids is 1. The van der Waals surface area contributed by atoms with E-state index in [4.69, 9.17) is 11.6 Å². The molecule has 14 heavy (non-hydrogen) atoms. The van der Waals surface area contributed by atoms with Crippen LogP contribution in [-0.4, -0.2) is 11.4 Å². The number of nitrogens with one attached hydrogen (secondary N) is 1. The van der Waals surface area contributed by atoms with Gasteiger partial charge in [-0.15, -0.1) is 0 Å². The van der Waals surface area contributed by atoms with E-state index >= 15 is 0 Å². The van der Waals surface area contributed by atoms with Crippen LogP contribution in [0.3, 0.4) is 0 Å². The van der Waals surface area contributed by atoms with E-state index in [0.29, 0.717) is 17.1 Å². The lowest BCUT2D eigenvalue weighted by atomic mass is 10.1. The van der Waals surface area contributed by atoms with Crippen LogP contribution in [0, 0.1) is 0 Å². The average molecular weight is 207 g/mol. The highest BCUT2D eigenvalue weighted by Gasteiger charge is 2.01. The summed E-state index contributed by atoms with van der Waals surface area (Å²) >= 11 is 5.88. The van der Waals surface area contributed by atoms with Gasteiger partial charge in [-0.05, 0) is 18.2 Å². The van der Waals surface area contributed by atoms with Gasteiger partial charge in [0.1, 0.15) is 0 Å². The number of nitrogens with zero attached hydrogens (tertiary/aromatic N) is 1. The molecule has 0 saturated heterocycles. The Morgan fingerprint density at radius 1 is 1.43 bits per heavy atom. The second kappa shape index (κ2) is 3.64. The molecule has 2 aromatic rings. The van der Waals surface area contributed by atoms with E-state index in [1.807, 2.05) is 6.07 Å². The fourth-order valence-corrected chi connectivity index (χ4v) is 1.58. The van der Waals surface area contributed by atoms with E-state index in [0.717, 1.165) is 10.8 Å². The van der Waals surface area contributed by atoms with Crippen LogP contribution in [0.15, 0.2) is 30.6 Å². The molecule has 0 fully saturated rings. The van der Waals surface area contributed by atoms with Gasteiger partial charge in [-0.2, -0.15) is 0 Å². The molecule has 1 N–H and O–H groups in total. The van der Waals surface area contributed by atoms with Gasteiger partial charge >= 0.3 is 0 Å². The van der Waals surface area contributed by atoms with E-state index in [1.54, 1.807) is 24.5 Å². The summed E-state index contributed by atoms with van der Waals surface area (Å²) in [6, 6.07) is 5.34. The predicted octanol–water partition coefficient (Wildman–Crippen LogP) is 2.46. The predicted molar refractivity (Wildman–Crippen MR) is 56.4 cm³/mol. The first-order valence-corrected chi connectivity index (χ1v) is 4.42. The van der Waals surface area contributed by atoms with Gasteiger partial charge in [-0.25, -0.2) is 0 Å². The molecule has 2 rings (SSSR count). The minimum atomic E-state index is 0.579. The second-order valence-corrected chi connectivity index (χ2v) is 3.25. The summed E-state index contributed by atoms with van der Waals surface area (Å²) in [4.78, 5) is 14.3. The van der Waals surface area contributed by atoms with Crippen molar-refractivity contribution in [2.24, 2.45) is 0 Å². The molecule has 1 heterocycles. The highest BCUT2D eigenvalue weighted by Crippen LogP contribution is 2.26. The maximum Gasteiger partial charge on any atom is 0.211 e. The van der Waals surface area contributed by atoms with Gasteiger partial charge in [0.2, 0.25) is 6.41 Å². The number of halogens is 1. The number of amides is 1. The van der Waals surface area contributed by atoms with Crippen LogP contribution in [0.4, 0.5) is 5.69 Å². The average Bonchev–Trinajstić information content (AvgIpc) is 2.18. The zero-order valence-corrected chi connectivity index (χ0v) is 7.95. The lowest BCUT2D eigenvalue weighted by Gasteiger charge is -2.04. The summed E-state index contributed by atoms with van der Waals surface area (Å²) in [5, 5.41) is 5.01. The summed E-state index contributed by atoms with van der Waals surface area (Å²) < 4.78 is 0. The smallest absolute Gasteiger partial charge is 0.211 e. The van der Waals surface area contributed by atoms with Crippen LogP contribution in [0.1, 0.15) is 0 Å². The zero-order chi connectivity index (χ0) is 9.97. The summed E-state index contributed by atoms with van der Waals surface area (Å²) in [6.07, 6.45) is 4.01. The molecule has 0 aliphatic carbocycles. The van der Waals surface area contributed by atoms with Crippen LogP contribution in [0.2, 0.25) is 5.02 Å². The molecule has 70 valence electrons. The number of carbonyl (C=O) groups is 1. The lowest BCUT2D eigenvalue weighted by molar-refractivity contribution is -0.105. The van der Waals surface area contributed by atoms with Crippen molar-refractivity contribution in [3.63, 3.8) is 0 Å². The van der Waals surface area contributed by atoms with Crippen molar-refractivity contribution in [2.45, 2.75) is 0 Å². The van der Waals surface area contributed by atoms with Crippen LogP contribution in [0.5, 0.6) is 0 Å². The van der Waals surface area contributed by atoms with Gasteiger partial charge in [-0.1, -0.05) is 11.6 Å². The van der Waals surface area contributed by atoms with Crippen molar-refractivity contribution in [3.8, 4) is 0 Å². The highest BCUT2D eigenvalue weighted by molar-refractivity contribution is 6.32. The quantitative estimate of drug-likeness (QED) is 0.767. The van der Waals surface area contributed by atoms with Crippen molar-refractivity contribution in [1.29, 1.82) is 0 Å². The first-order chi connectivity index (χ1) is 6.81. The van der Waals surface area contributed by atoms with Gasteiger partial charge in [-0.3, -0.25) is 9.78 Å². The molecule has 0 unspecified atom stereocenters. The van der Waals surface area contributed by atoms with Crippen LogP contribution >= 0.6 is 11.6 Å². The maximum absolute atomic E-state index is 10.4. The highest BCUT2D eigenvalue weighted by atomic mass is 35.5. The number of aromatic nitrogens is 1. The van der Waals surface area contributed by atoms with E-state index in [9.17, 15) is 4.79 Å². The third-order valence-electron chi connectivity index (χ3n) is 1.93. The maximum atomic E-state index is 10.4. The molecule has 0 aliphatic heterocycles. The number of fused-ring (bicyclic) bond motifs is 1. The molecule has 3 nitrogen and oxygen atoms in total. The van der Waals surface area contributed by atoms with Crippen molar-refractivity contribution in [2.75, 3.05) is 5.32 Å². The molecule has 0 aliphatic rings. The molecule has 0 saturated carbocycles. The Hall–Kier alpha value is -1.61. The molecule has 1 aromatic heterocycles. The molecule has 0 spiro atoms. The summed E-state index contributed by atoms with van der Waals surface area (Å²) in [7, 11) is 0. The Morgan fingerprint density at radius 3 is 3.07 bits per heavy atom. The fraction of sp³-hybridized carbons (Fsp3) is 0. The van der Waals surface area contributed by atoms with Crippen LogP contribution < -0.4 is 5.32 Å². The minimum Gasteiger partial charge on any atom is -0.328 e. The van der Waals surface area contributed by atoms with Crippen molar-refractivity contribution >= 4 is 34.5 Å². The first kappa shape index (κ1) is 8.97. The normalized spacial score (nSPS) is 10.1. The van der Waals surface area contributed by atoms with E-state index in [2.05, 4.69) is 10.3 Å². The van der Waals surface area contributed by atoms with Crippen LogP contribution in [-0.2, 0) is 4.79 Å². The second-order valence-electron chi connectivity index (χ2n) is 2.81. The van der Waals surface area contributed by atoms with Gasteiger partial charge in [0, 0.05) is 33.9 Å². The standard InChI is InChI=1S/C10H7ClN2O/c11-8-3-7-5-12-2-1-9(7)10(4-8)13-6-14/h1-6H,(H,13,14). The molecule has 1 amide bonds. The van der Waals surface area contributed by atoms with Gasteiger partial charge in [0.15, 0.2) is 0 Å². The number of hydrogen-bond donors (Lipinski definition) is 1. The van der Waals surface area contributed by atoms with Gasteiger partial charge < -0.3 is 5.32 Å². The Labute approximate surface area is 85.7 Å². The van der Waals surface area contributed by atoms with Crippen molar-refractivity contribution < 1.29 is 4.79 Å². The lowest BCUT2D eigenvalue weighted by Crippen LogP contribution is -1.94. The molecule has 1 aromatic carbocycles. The Morgan fingerprint density at radius 2 is 2.29 bits per heavy atom. The first-order valence-electron chi connectivity index (χ1n) is 4.05. The number of hydrogen-bond acceptors (Lipinski definition) is 2. The Balaban J connectivity index is 2.73. The molecule has 0 atom stereocenters. The topological polar surface area (TPSA) is 42.0 Å². The molecular weight excluding hydrogens is 200 g/mol. The molecular formula is C10H7ClN2O. The fourth-order valence-electron chi connectivity index (χ4n) is 1.36. The third-order valence-corrected chi connectivity index (χ3v) is 2.15. The monoisotopic (exact) mass is 206 g/mol.